The molecule has 0 aliphatic heterocycles. The number of rotatable bonds is 5. The van der Waals surface area contributed by atoms with Gasteiger partial charge in [0.25, 0.3) is 5.69 Å². The predicted octanol–water partition coefficient (Wildman–Crippen LogP) is 3.57. The molecule has 0 aliphatic carbocycles. The van der Waals surface area contributed by atoms with Gasteiger partial charge in [-0.05, 0) is 19.9 Å². The molecule has 21 heavy (non-hydrogen) atoms. The van der Waals surface area contributed by atoms with Crippen molar-refractivity contribution in [3.05, 3.63) is 45.1 Å². The lowest BCUT2D eigenvalue weighted by Crippen LogP contribution is -2.03. The highest BCUT2D eigenvalue weighted by molar-refractivity contribution is 6.32. The van der Waals surface area contributed by atoms with Gasteiger partial charge in [0.2, 0.25) is 11.8 Å². The maximum atomic E-state index is 10.7. The van der Waals surface area contributed by atoms with Crippen molar-refractivity contribution >= 4 is 23.2 Å². The van der Waals surface area contributed by atoms with Crippen LogP contribution in [0.5, 0.6) is 11.6 Å². The lowest BCUT2D eigenvalue weighted by molar-refractivity contribution is -0.384. The minimum Gasteiger partial charge on any atom is -0.437 e. The number of nitrogens with one attached hydrogen (secondary N) is 1. The summed E-state index contributed by atoms with van der Waals surface area (Å²) in [5, 5.41) is 13.8. The number of nitrogens with zero attached hydrogens (tertiary/aromatic N) is 3. The van der Waals surface area contributed by atoms with Crippen molar-refractivity contribution in [2.24, 2.45) is 0 Å². The Kier molecular flexibility index (Phi) is 4.54. The molecule has 0 saturated heterocycles. The molecule has 0 amide bonds. The van der Waals surface area contributed by atoms with Crippen LogP contribution in [-0.2, 0) is 0 Å². The summed E-state index contributed by atoms with van der Waals surface area (Å²) in [7, 11) is 0. The molecule has 1 aromatic carbocycles. The second kappa shape index (κ2) is 6.36. The third kappa shape index (κ3) is 3.57. The van der Waals surface area contributed by atoms with E-state index in [4.69, 9.17) is 16.3 Å². The van der Waals surface area contributed by atoms with Gasteiger partial charge in [-0.2, -0.15) is 4.98 Å². The molecule has 110 valence electrons. The summed E-state index contributed by atoms with van der Waals surface area (Å²) in [5.41, 5.74) is 0.631. The zero-order valence-electron chi connectivity index (χ0n) is 11.5. The SMILES string of the molecule is CCNc1ncc(C)c(Oc2ccc([N+](=O)[O-])cc2Cl)n1. The van der Waals surface area contributed by atoms with Crippen LogP contribution in [0.3, 0.4) is 0 Å². The van der Waals surface area contributed by atoms with Gasteiger partial charge in [-0.15, -0.1) is 0 Å². The highest BCUT2D eigenvalue weighted by Crippen LogP contribution is 2.32. The van der Waals surface area contributed by atoms with Crippen molar-refractivity contribution in [2.45, 2.75) is 13.8 Å². The monoisotopic (exact) mass is 308 g/mol. The molecule has 0 fully saturated rings. The number of aryl methyl sites for hydroxylation is 1. The van der Waals surface area contributed by atoms with E-state index in [1.54, 1.807) is 13.1 Å². The van der Waals surface area contributed by atoms with Crippen LogP contribution in [0.1, 0.15) is 12.5 Å². The molecule has 0 radical (unpaired) electrons. The van der Waals surface area contributed by atoms with Crippen LogP contribution in [0, 0.1) is 17.0 Å². The van der Waals surface area contributed by atoms with Crippen LogP contribution in [-0.4, -0.2) is 21.4 Å². The lowest BCUT2D eigenvalue weighted by Gasteiger charge is -2.10. The third-order valence-electron chi connectivity index (χ3n) is 2.59. The Bertz CT molecular complexity index is 678. The van der Waals surface area contributed by atoms with Gasteiger partial charge in [0.1, 0.15) is 5.75 Å². The van der Waals surface area contributed by atoms with E-state index in [9.17, 15) is 10.1 Å². The first-order chi connectivity index (χ1) is 10.0. The van der Waals surface area contributed by atoms with Gasteiger partial charge >= 0.3 is 0 Å². The molecule has 2 rings (SSSR count). The molecule has 0 aliphatic rings. The largest absolute Gasteiger partial charge is 0.437 e. The van der Waals surface area contributed by atoms with Crippen molar-refractivity contribution in [1.29, 1.82) is 0 Å². The zero-order valence-corrected chi connectivity index (χ0v) is 12.2. The zero-order chi connectivity index (χ0) is 15.4. The van der Waals surface area contributed by atoms with Gasteiger partial charge in [-0.1, -0.05) is 11.6 Å². The first-order valence-electron chi connectivity index (χ1n) is 6.20. The van der Waals surface area contributed by atoms with E-state index in [0.29, 0.717) is 24.1 Å². The Morgan fingerprint density at radius 2 is 2.24 bits per heavy atom. The summed E-state index contributed by atoms with van der Waals surface area (Å²) in [4.78, 5) is 18.5. The van der Waals surface area contributed by atoms with Gasteiger partial charge < -0.3 is 10.1 Å². The maximum absolute atomic E-state index is 10.7. The summed E-state index contributed by atoms with van der Waals surface area (Å²) in [6.07, 6.45) is 1.62. The fourth-order valence-electron chi connectivity index (χ4n) is 1.56. The number of benzene rings is 1. The van der Waals surface area contributed by atoms with Gasteiger partial charge in [-0.25, -0.2) is 4.98 Å². The maximum Gasteiger partial charge on any atom is 0.271 e. The normalized spacial score (nSPS) is 10.2. The number of aromatic nitrogens is 2. The molecule has 1 heterocycles. The Hall–Kier alpha value is -2.41. The van der Waals surface area contributed by atoms with Crippen LogP contribution < -0.4 is 10.1 Å². The van der Waals surface area contributed by atoms with E-state index in [2.05, 4.69) is 15.3 Å². The van der Waals surface area contributed by atoms with E-state index < -0.39 is 4.92 Å². The van der Waals surface area contributed by atoms with Crippen molar-refractivity contribution in [3.8, 4) is 11.6 Å². The second-order valence-electron chi connectivity index (χ2n) is 4.19. The van der Waals surface area contributed by atoms with Crippen LogP contribution in [0.4, 0.5) is 11.6 Å². The minimum absolute atomic E-state index is 0.0971. The van der Waals surface area contributed by atoms with Gasteiger partial charge in [0, 0.05) is 30.4 Å². The average Bonchev–Trinajstić information content (AvgIpc) is 2.44. The molecule has 1 N–H and O–H groups in total. The van der Waals surface area contributed by atoms with Gasteiger partial charge in [-0.3, -0.25) is 10.1 Å². The van der Waals surface area contributed by atoms with E-state index >= 15 is 0 Å². The predicted molar refractivity (Wildman–Crippen MR) is 79.1 cm³/mol. The summed E-state index contributed by atoms with van der Waals surface area (Å²) in [5.74, 6) is 1.08. The molecular formula is C13H13ClN4O3. The third-order valence-corrected chi connectivity index (χ3v) is 2.89. The van der Waals surface area contributed by atoms with Crippen LogP contribution in [0.2, 0.25) is 5.02 Å². The topological polar surface area (TPSA) is 90.2 Å². The number of anilines is 1. The number of hydrogen-bond acceptors (Lipinski definition) is 6. The van der Waals surface area contributed by atoms with Crippen molar-refractivity contribution < 1.29 is 9.66 Å². The Labute approximate surface area is 126 Å². The average molecular weight is 309 g/mol. The highest BCUT2D eigenvalue weighted by atomic mass is 35.5. The van der Waals surface area contributed by atoms with Crippen molar-refractivity contribution in [1.82, 2.24) is 9.97 Å². The number of ether oxygens (including phenoxy) is 1. The molecule has 2 aromatic rings. The fraction of sp³-hybridized carbons (Fsp3) is 0.231. The van der Waals surface area contributed by atoms with Crippen LogP contribution in [0.15, 0.2) is 24.4 Å². The molecule has 1 aromatic heterocycles. The Balaban J connectivity index is 2.29. The summed E-state index contributed by atoms with van der Waals surface area (Å²) < 4.78 is 5.62. The summed E-state index contributed by atoms with van der Waals surface area (Å²) in [6, 6.07) is 4.00. The van der Waals surface area contributed by atoms with Crippen LogP contribution in [0.25, 0.3) is 0 Å². The van der Waals surface area contributed by atoms with Crippen LogP contribution >= 0.6 is 11.6 Å². The highest BCUT2D eigenvalue weighted by Gasteiger charge is 2.13. The first-order valence-corrected chi connectivity index (χ1v) is 6.58. The molecule has 0 unspecified atom stereocenters. The molecule has 0 atom stereocenters. The molecule has 7 nitrogen and oxygen atoms in total. The summed E-state index contributed by atoms with van der Waals surface area (Å²) in [6.45, 7) is 4.40. The number of hydrogen-bond donors (Lipinski definition) is 1. The van der Waals surface area contributed by atoms with Gasteiger partial charge in [0.15, 0.2) is 0 Å². The van der Waals surface area contributed by atoms with E-state index in [1.165, 1.54) is 18.2 Å². The summed E-state index contributed by atoms with van der Waals surface area (Å²) >= 11 is 5.99. The van der Waals surface area contributed by atoms with Crippen molar-refractivity contribution in [3.63, 3.8) is 0 Å². The number of non-ortho nitro benzene ring substituents is 1. The molecule has 0 saturated carbocycles. The number of halogens is 1. The quantitative estimate of drug-likeness (QED) is 0.670. The van der Waals surface area contributed by atoms with Crippen molar-refractivity contribution in [2.75, 3.05) is 11.9 Å². The standard InChI is InChI=1S/C13H13ClN4O3/c1-3-15-13-16-7-8(2)12(17-13)21-11-5-4-9(18(19)20)6-10(11)14/h4-7H,3H2,1-2H3,(H,15,16,17). The molecule has 0 bridgehead atoms. The number of nitro benzene ring substituents is 1. The molecular weight excluding hydrogens is 296 g/mol. The second-order valence-corrected chi connectivity index (χ2v) is 4.59. The Morgan fingerprint density at radius 3 is 2.86 bits per heavy atom. The molecule has 0 spiro atoms. The van der Waals surface area contributed by atoms with E-state index in [1.807, 2.05) is 6.92 Å². The smallest absolute Gasteiger partial charge is 0.271 e. The minimum atomic E-state index is -0.519. The lowest BCUT2D eigenvalue weighted by atomic mass is 10.3. The molecule has 8 heteroatoms. The van der Waals surface area contributed by atoms with Gasteiger partial charge in [0.05, 0.1) is 9.95 Å². The van der Waals surface area contributed by atoms with E-state index in [0.717, 1.165) is 5.56 Å². The first kappa shape index (κ1) is 15.0. The fourth-order valence-corrected chi connectivity index (χ4v) is 1.78. The van der Waals surface area contributed by atoms with E-state index in [-0.39, 0.29) is 10.7 Å². The number of nitro groups is 1. The Morgan fingerprint density at radius 1 is 1.48 bits per heavy atom.